The second kappa shape index (κ2) is 5.92. The number of benzene rings is 1. The van der Waals surface area contributed by atoms with E-state index in [0.29, 0.717) is 12.1 Å². The Balaban J connectivity index is 2.18. The fourth-order valence-electron chi connectivity index (χ4n) is 1.75. The maximum Gasteiger partial charge on any atom is 0.416 e. The number of aromatic nitrogens is 1. The third-order valence-corrected chi connectivity index (χ3v) is 2.81. The summed E-state index contributed by atoms with van der Waals surface area (Å²) in [6.45, 7) is -0.380. The van der Waals surface area contributed by atoms with Gasteiger partial charge in [0, 0.05) is 12.3 Å². The van der Waals surface area contributed by atoms with Gasteiger partial charge < -0.3 is 15.0 Å². The first kappa shape index (κ1) is 15.6. The topological polar surface area (TPSA) is 71.3 Å². The number of phenolic OH excluding ortho intramolecular Hbond substituents is 1. The Morgan fingerprint density at radius 3 is 2.59 bits per heavy atom. The fourth-order valence-corrected chi connectivity index (χ4v) is 1.75. The zero-order chi connectivity index (χ0) is 16.3. The third-order valence-electron chi connectivity index (χ3n) is 2.81. The van der Waals surface area contributed by atoms with Crippen LogP contribution in [0.15, 0.2) is 47.4 Å². The van der Waals surface area contributed by atoms with E-state index in [1.54, 1.807) is 0 Å². The van der Waals surface area contributed by atoms with Crippen molar-refractivity contribution in [2.24, 2.45) is 0 Å². The molecule has 0 saturated carbocycles. The molecule has 0 fully saturated rings. The Labute approximate surface area is 122 Å². The van der Waals surface area contributed by atoms with Crippen molar-refractivity contribution in [1.29, 1.82) is 0 Å². The van der Waals surface area contributed by atoms with E-state index in [9.17, 15) is 27.9 Å². The normalized spacial score (nSPS) is 11.2. The molecule has 8 heteroatoms. The number of phenols is 1. The van der Waals surface area contributed by atoms with Crippen LogP contribution in [0.4, 0.5) is 18.9 Å². The summed E-state index contributed by atoms with van der Waals surface area (Å²) in [6, 6.07) is 6.45. The molecule has 0 radical (unpaired) electrons. The Hall–Kier alpha value is -2.77. The smallest absolute Gasteiger partial charge is 0.416 e. The molecule has 1 heterocycles. The molecule has 22 heavy (non-hydrogen) atoms. The van der Waals surface area contributed by atoms with Gasteiger partial charge in [-0.05, 0) is 24.3 Å². The predicted molar refractivity (Wildman–Crippen MR) is 72.4 cm³/mol. The maximum atomic E-state index is 12.6. The number of alkyl halides is 3. The average molecular weight is 312 g/mol. The highest BCUT2D eigenvalue weighted by molar-refractivity contribution is 5.92. The van der Waals surface area contributed by atoms with Crippen molar-refractivity contribution in [2.45, 2.75) is 12.7 Å². The van der Waals surface area contributed by atoms with Gasteiger partial charge in [0.1, 0.15) is 12.3 Å². The zero-order valence-corrected chi connectivity index (χ0v) is 11.1. The molecule has 0 aliphatic heterocycles. The lowest BCUT2D eigenvalue weighted by Gasteiger charge is -2.12. The molecule has 0 bridgehead atoms. The fraction of sp³-hybridized carbons (Fsp3) is 0.143. The lowest BCUT2D eigenvalue weighted by molar-refractivity contribution is -0.137. The number of hydrogen-bond donors (Lipinski definition) is 2. The first-order chi connectivity index (χ1) is 10.3. The minimum atomic E-state index is -4.59. The van der Waals surface area contributed by atoms with Gasteiger partial charge in [0.05, 0.1) is 11.3 Å². The highest BCUT2D eigenvalue weighted by atomic mass is 19.4. The van der Waals surface area contributed by atoms with E-state index in [1.807, 2.05) is 0 Å². The summed E-state index contributed by atoms with van der Waals surface area (Å²) in [4.78, 5) is 23.2. The summed E-state index contributed by atoms with van der Waals surface area (Å²) in [7, 11) is 0. The molecule has 0 atom stereocenters. The van der Waals surface area contributed by atoms with Crippen LogP contribution in [0.3, 0.4) is 0 Å². The molecule has 0 spiro atoms. The van der Waals surface area contributed by atoms with Crippen LogP contribution >= 0.6 is 0 Å². The van der Waals surface area contributed by atoms with Gasteiger partial charge in [-0.1, -0.05) is 6.07 Å². The first-order valence-corrected chi connectivity index (χ1v) is 6.13. The van der Waals surface area contributed by atoms with Crippen LogP contribution in [0, 0.1) is 0 Å². The van der Waals surface area contributed by atoms with Crippen molar-refractivity contribution in [3.63, 3.8) is 0 Å². The lowest BCUT2D eigenvalue weighted by atomic mass is 10.2. The molecule has 2 N–H and O–H groups in total. The van der Waals surface area contributed by atoms with Crippen LogP contribution in [0.25, 0.3) is 0 Å². The molecule has 1 aromatic heterocycles. The van der Waals surface area contributed by atoms with Crippen LogP contribution in [0.2, 0.25) is 0 Å². The number of anilines is 1. The average Bonchev–Trinajstić information content (AvgIpc) is 2.42. The van der Waals surface area contributed by atoms with Gasteiger partial charge in [-0.3, -0.25) is 9.59 Å². The van der Waals surface area contributed by atoms with E-state index in [-0.39, 0.29) is 12.2 Å². The lowest BCUT2D eigenvalue weighted by Crippen LogP contribution is -2.26. The second-order valence-corrected chi connectivity index (χ2v) is 4.44. The van der Waals surface area contributed by atoms with E-state index >= 15 is 0 Å². The van der Waals surface area contributed by atoms with E-state index in [2.05, 4.69) is 5.32 Å². The van der Waals surface area contributed by atoms with E-state index < -0.39 is 29.0 Å². The predicted octanol–water partition coefficient (Wildman–Crippen LogP) is 2.21. The SMILES string of the molecule is O=C(Cn1ccccc1=O)Nc1cc(C(F)(F)F)ccc1O. The second-order valence-electron chi connectivity index (χ2n) is 4.44. The molecule has 5 nitrogen and oxygen atoms in total. The molecular weight excluding hydrogens is 301 g/mol. The van der Waals surface area contributed by atoms with Crippen molar-refractivity contribution in [3.05, 3.63) is 58.5 Å². The summed E-state index contributed by atoms with van der Waals surface area (Å²) in [5.41, 5.74) is -1.80. The summed E-state index contributed by atoms with van der Waals surface area (Å²) in [5.74, 6) is -1.23. The number of aromatic hydroxyl groups is 1. The highest BCUT2D eigenvalue weighted by Crippen LogP contribution is 2.34. The number of rotatable bonds is 3. The quantitative estimate of drug-likeness (QED) is 0.854. The molecule has 2 rings (SSSR count). The number of pyridine rings is 1. The van der Waals surface area contributed by atoms with Crippen LogP contribution in [-0.2, 0) is 17.5 Å². The van der Waals surface area contributed by atoms with Gasteiger partial charge in [-0.25, -0.2) is 0 Å². The zero-order valence-electron chi connectivity index (χ0n) is 11.1. The van der Waals surface area contributed by atoms with Crippen molar-refractivity contribution in [1.82, 2.24) is 4.57 Å². The van der Waals surface area contributed by atoms with Crippen LogP contribution in [-0.4, -0.2) is 15.6 Å². The molecule has 0 aliphatic rings. The van der Waals surface area contributed by atoms with Crippen molar-refractivity contribution >= 4 is 11.6 Å². The maximum absolute atomic E-state index is 12.6. The number of carbonyl (C=O) groups is 1. The summed E-state index contributed by atoms with van der Waals surface area (Å²) in [6.07, 6.45) is -3.22. The van der Waals surface area contributed by atoms with Crippen molar-refractivity contribution < 1.29 is 23.1 Å². The molecule has 116 valence electrons. The molecule has 1 amide bonds. The molecule has 0 aliphatic carbocycles. The number of hydrogen-bond acceptors (Lipinski definition) is 3. The van der Waals surface area contributed by atoms with Gasteiger partial charge >= 0.3 is 6.18 Å². The van der Waals surface area contributed by atoms with Gasteiger partial charge in [-0.2, -0.15) is 13.2 Å². The monoisotopic (exact) mass is 312 g/mol. The van der Waals surface area contributed by atoms with Gasteiger partial charge in [0.2, 0.25) is 5.91 Å². The number of nitrogens with zero attached hydrogens (tertiary/aromatic N) is 1. The number of nitrogens with one attached hydrogen (secondary N) is 1. The Morgan fingerprint density at radius 1 is 1.23 bits per heavy atom. The first-order valence-electron chi connectivity index (χ1n) is 6.13. The van der Waals surface area contributed by atoms with E-state index in [0.717, 1.165) is 10.6 Å². The summed E-state index contributed by atoms with van der Waals surface area (Å²) < 4.78 is 38.9. The van der Waals surface area contributed by atoms with Crippen molar-refractivity contribution in [2.75, 3.05) is 5.32 Å². The Morgan fingerprint density at radius 2 is 1.95 bits per heavy atom. The van der Waals surface area contributed by atoms with E-state index in [1.165, 1.54) is 24.4 Å². The van der Waals surface area contributed by atoms with E-state index in [4.69, 9.17) is 0 Å². The number of amides is 1. The summed E-state index contributed by atoms with van der Waals surface area (Å²) >= 11 is 0. The van der Waals surface area contributed by atoms with Crippen LogP contribution in [0.5, 0.6) is 5.75 Å². The Kier molecular flexibility index (Phi) is 4.20. The molecule has 1 aromatic carbocycles. The van der Waals surface area contributed by atoms with Crippen LogP contribution < -0.4 is 10.9 Å². The molecule has 2 aromatic rings. The van der Waals surface area contributed by atoms with Gasteiger partial charge in [0.15, 0.2) is 0 Å². The molecule has 0 saturated heterocycles. The largest absolute Gasteiger partial charge is 0.506 e. The minimum Gasteiger partial charge on any atom is -0.506 e. The third kappa shape index (κ3) is 3.66. The minimum absolute atomic E-state index is 0.371. The van der Waals surface area contributed by atoms with Gasteiger partial charge in [-0.15, -0.1) is 0 Å². The van der Waals surface area contributed by atoms with Gasteiger partial charge in [0.25, 0.3) is 5.56 Å². The molecular formula is C14H11F3N2O3. The van der Waals surface area contributed by atoms with Crippen molar-refractivity contribution in [3.8, 4) is 5.75 Å². The number of carbonyl (C=O) groups excluding carboxylic acids is 1. The Bertz CT molecular complexity index is 753. The number of halogens is 3. The molecule has 0 unspecified atom stereocenters. The summed E-state index contributed by atoms with van der Waals surface area (Å²) in [5, 5.41) is 11.7. The van der Waals surface area contributed by atoms with Crippen LogP contribution in [0.1, 0.15) is 5.56 Å². The standard InChI is InChI=1S/C14H11F3N2O3/c15-14(16,17)9-4-5-11(20)10(7-9)18-12(21)8-19-6-2-1-3-13(19)22/h1-7,20H,8H2,(H,18,21). The highest BCUT2D eigenvalue weighted by Gasteiger charge is 2.31.